The van der Waals surface area contributed by atoms with Crippen molar-refractivity contribution >= 4 is 5.91 Å². The van der Waals surface area contributed by atoms with Gasteiger partial charge < -0.3 is 5.32 Å². The number of aryl methyl sites for hydroxylation is 2. The van der Waals surface area contributed by atoms with Crippen LogP contribution in [0.2, 0.25) is 0 Å². The average molecular weight is 230 g/mol. The topological polar surface area (TPSA) is 70.7 Å². The minimum Gasteiger partial charge on any atom is -0.346 e. The molecule has 5 heteroatoms. The van der Waals surface area contributed by atoms with Crippen LogP contribution in [0.1, 0.15) is 27.4 Å². The molecular weight excluding hydrogens is 216 g/mol. The molecule has 88 valence electrons. The van der Waals surface area contributed by atoms with Crippen molar-refractivity contribution in [2.75, 3.05) is 0 Å². The second-order valence-electron chi connectivity index (χ2n) is 3.81. The van der Waals surface area contributed by atoms with Gasteiger partial charge in [0.1, 0.15) is 0 Å². The molecule has 0 spiro atoms. The number of hydrogen-bond donors (Lipinski definition) is 2. The third-order valence-corrected chi connectivity index (χ3v) is 2.51. The first-order valence-electron chi connectivity index (χ1n) is 5.38. The van der Waals surface area contributed by atoms with E-state index in [9.17, 15) is 4.79 Å². The van der Waals surface area contributed by atoms with Crippen molar-refractivity contribution < 1.29 is 4.79 Å². The molecule has 2 rings (SSSR count). The number of carbonyl (C=O) groups is 1. The molecule has 0 bridgehead atoms. The normalized spacial score (nSPS) is 10.2. The van der Waals surface area contributed by atoms with Gasteiger partial charge in [0.25, 0.3) is 5.91 Å². The Hall–Kier alpha value is -2.17. The minimum atomic E-state index is -0.126. The van der Waals surface area contributed by atoms with Crippen LogP contribution in [0.15, 0.2) is 24.4 Å². The van der Waals surface area contributed by atoms with E-state index < -0.39 is 0 Å². The zero-order chi connectivity index (χ0) is 12.3. The monoisotopic (exact) mass is 230 g/mol. The highest BCUT2D eigenvalue weighted by Gasteiger charge is 2.14. The van der Waals surface area contributed by atoms with Crippen LogP contribution in [-0.4, -0.2) is 21.1 Å². The molecule has 2 aromatic heterocycles. The van der Waals surface area contributed by atoms with E-state index in [-0.39, 0.29) is 5.91 Å². The lowest BCUT2D eigenvalue weighted by molar-refractivity contribution is 0.0949. The molecule has 1 amide bonds. The molecule has 0 atom stereocenters. The lowest BCUT2D eigenvalue weighted by atomic mass is 10.2. The molecule has 0 aliphatic rings. The maximum atomic E-state index is 11.9. The third-order valence-electron chi connectivity index (χ3n) is 2.51. The predicted octanol–water partition coefficient (Wildman–Crippen LogP) is 1.35. The molecule has 5 nitrogen and oxygen atoms in total. The van der Waals surface area contributed by atoms with E-state index in [4.69, 9.17) is 0 Å². The Bertz CT molecular complexity index is 499. The van der Waals surface area contributed by atoms with Gasteiger partial charge in [-0.1, -0.05) is 6.07 Å². The average Bonchev–Trinajstić information content (AvgIpc) is 2.67. The second kappa shape index (κ2) is 4.78. The molecular formula is C12H14N4O. The summed E-state index contributed by atoms with van der Waals surface area (Å²) in [7, 11) is 0. The van der Waals surface area contributed by atoms with Gasteiger partial charge in [0.05, 0.1) is 23.5 Å². The van der Waals surface area contributed by atoms with Crippen LogP contribution >= 0.6 is 0 Å². The summed E-state index contributed by atoms with van der Waals surface area (Å²) in [6.07, 6.45) is 1.70. The minimum absolute atomic E-state index is 0.126. The van der Waals surface area contributed by atoms with Gasteiger partial charge >= 0.3 is 0 Å². The summed E-state index contributed by atoms with van der Waals surface area (Å²) < 4.78 is 0. The number of H-pyrrole nitrogens is 1. The Morgan fingerprint density at radius 1 is 1.41 bits per heavy atom. The van der Waals surface area contributed by atoms with E-state index in [0.29, 0.717) is 17.8 Å². The van der Waals surface area contributed by atoms with Crippen LogP contribution in [0.3, 0.4) is 0 Å². The number of hydrogen-bond acceptors (Lipinski definition) is 3. The van der Waals surface area contributed by atoms with Crippen molar-refractivity contribution in [2.24, 2.45) is 0 Å². The van der Waals surface area contributed by atoms with Crippen LogP contribution in [0.25, 0.3) is 0 Å². The summed E-state index contributed by atoms with van der Waals surface area (Å²) in [6, 6.07) is 5.61. The van der Waals surface area contributed by atoms with Gasteiger partial charge in [0, 0.05) is 11.9 Å². The molecule has 2 heterocycles. The Kier molecular flexibility index (Phi) is 3.18. The van der Waals surface area contributed by atoms with Crippen molar-refractivity contribution in [3.63, 3.8) is 0 Å². The molecule has 0 fully saturated rings. The molecule has 2 N–H and O–H groups in total. The number of nitrogens with zero attached hydrogens (tertiary/aromatic N) is 2. The first-order chi connectivity index (χ1) is 8.18. The fourth-order valence-corrected chi connectivity index (χ4v) is 1.65. The van der Waals surface area contributed by atoms with E-state index in [0.717, 1.165) is 11.4 Å². The standard InChI is InChI=1S/C12H14N4O/c1-8-11(9(2)16-15-8)12(17)14-7-10-5-3-4-6-13-10/h3-6H,7H2,1-2H3,(H,14,17)(H,15,16). The molecule has 0 radical (unpaired) electrons. The first kappa shape index (κ1) is 11.3. The van der Waals surface area contributed by atoms with Crippen LogP contribution in [0, 0.1) is 13.8 Å². The highest BCUT2D eigenvalue weighted by atomic mass is 16.1. The van der Waals surface area contributed by atoms with Crippen LogP contribution in [0.5, 0.6) is 0 Å². The van der Waals surface area contributed by atoms with Crippen molar-refractivity contribution in [1.82, 2.24) is 20.5 Å². The fraction of sp³-hybridized carbons (Fsp3) is 0.250. The molecule has 17 heavy (non-hydrogen) atoms. The lowest BCUT2D eigenvalue weighted by Crippen LogP contribution is -2.24. The molecule has 0 aromatic carbocycles. The van der Waals surface area contributed by atoms with Crippen LogP contribution in [-0.2, 0) is 6.54 Å². The summed E-state index contributed by atoms with van der Waals surface area (Å²) >= 11 is 0. The number of aromatic amines is 1. The van der Waals surface area contributed by atoms with Gasteiger partial charge in [0.2, 0.25) is 0 Å². The number of amides is 1. The summed E-state index contributed by atoms with van der Waals surface area (Å²) in [5, 5.41) is 9.60. The summed E-state index contributed by atoms with van der Waals surface area (Å²) in [5.41, 5.74) is 2.93. The van der Waals surface area contributed by atoms with Gasteiger partial charge in [-0.15, -0.1) is 0 Å². The van der Waals surface area contributed by atoms with E-state index in [2.05, 4.69) is 20.5 Å². The Labute approximate surface area is 99.3 Å². The lowest BCUT2D eigenvalue weighted by Gasteiger charge is -2.04. The van der Waals surface area contributed by atoms with Gasteiger partial charge in [-0.05, 0) is 26.0 Å². The summed E-state index contributed by atoms with van der Waals surface area (Å²) in [6.45, 7) is 4.05. The van der Waals surface area contributed by atoms with Gasteiger partial charge in [-0.3, -0.25) is 14.9 Å². The second-order valence-corrected chi connectivity index (χ2v) is 3.81. The maximum absolute atomic E-state index is 11.9. The fourth-order valence-electron chi connectivity index (χ4n) is 1.65. The predicted molar refractivity (Wildman–Crippen MR) is 63.5 cm³/mol. The van der Waals surface area contributed by atoms with Crippen molar-refractivity contribution in [1.29, 1.82) is 0 Å². The summed E-state index contributed by atoms with van der Waals surface area (Å²) in [4.78, 5) is 16.1. The Morgan fingerprint density at radius 3 is 2.82 bits per heavy atom. The number of carbonyl (C=O) groups excluding carboxylic acids is 1. The van der Waals surface area contributed by atoms with Gasteiger partial charge in [0.15, 0.2) is 0 Å². The third kappa shape index (κ3) is 2.50. The highest BCUT2D eigenvalue weighted by Crippen LogP contribution is 2.08. The largest absolute Gasteiger partial charge is 0.346 e. The zero-order valence-corrected chi connectivity index (χ0v) is 9.82. The molecule has 0 saturated carbocycles. The maximum Gasteiger partial charge on any atom is 0.255 e. The van der Waals surface area contributed by atoms with Crippen LogP contribution in [0.4, 0.5) is 0 Å². The van der Waals surface area contributed by atoms with E-state index in [1.165, 1.54) is 0 Å². The number of rotatable bonds is 3. The number of nitrogens with one attached hydrogen (secondary N) is 2. The van der Waals surface area contributed by atoms with Crippen LogP contribution < -0.4 is 5.32 Å². The molecule has 0 unspecified atom stereocenters. The molecule has 0 aliphatic heterocycles. The van der Waals surface area contributed by atoms with Crippen molar-refractivity contribution in [3.8, 4) is 0 Å². The van der Waals surface area contributed by atoms with Crippen molar-refractivity contribution in [3.05, 3.63) is 47.0 Å². The SMILES string of the molecule is Cc1n[nH]c(C)c1C(=O)NCc1ccccn1. The van der Waals surface area contributed by atoms with E-state index >= 15 is 0 Å². The van der Waals surface area contributed by atoms with E-state index in [1.54, 1.807) is 13.1 Å². The zero-order valence-electron chi connectivity index (χ0n) is 9.82. The summed E-state index contributed by atoms with van der Waals surface area (Å²) in [5.74, 6) is -0.126. The van der Waals surface area contributed by atoms with Crippen molar-refractivity contribution in [2.45, 2.75) is 20.4 Å². The quantitative estimate of drug-likeness (QED) is 0.836. The van der Waals surface area contributed by atoms with Gasteiger partial charge in [-0.25, -0.2) is 0 Å². The molecule has 2 aromatic rings. The van der Waals surface area contributed by atoms with E-state index in [1.807, 2.05) is 25.1 Å². The Balaban J connectivity index is 2.04. The number of aromatic nitrogens is 3. The molecule has 0 saturated heterocycles. The highest BCUT2D eigenvalue weighted by molar-refractivity contribution is 5.96. The molecule has 0 aliphatic carbocycles. The Morgan fingerprint density at radius 2 is 2.24 bits per heavy atom. The van der Waals surface area contributed by atoms with Gasteiger partial charge in [-0.2, -0.15) is 5.10 Å². The first-order valence-corrected chi connectivity index (χ1v) is 5.38. The number of pyridine rings is 1. The smallest absolute Gasteiger partial charge is 0.255 e.